The molecule has 3 aliphatic rings. The van der Waals surface area contributed by atoms with Crippen LogP contribution in [0, 0.1) is 11.3 Å². The second-order valence-electron chi connectivity index (χ2n) is 7.90. The summed E-state index contributed by atoms with van der Waals surface area (Å²) < 4.78 is 0.724. The number of allylic oxidation sites excluding steroid dienone is 3. The number of anilines is 1. The molecule has 1 aromatic rings. The highest BCUT2D eigenvalue weighted by molar-refractivity contribution is 9.12. The molecule has 32 heavy (non-hydrogen) atoms. The minimum atomic E-state index is 0.261. The van der Waals surface area contributed by atoms with Gasteiger partial charge in [0, 0.05) is 35.2 Å². The van der Waals surface area contributed by atoms with Gasteiger partial charge in [0.05, 0.1) is 17.0 Å². The molecule has 2 bridgehead atoms. The summed E-state index contributed by atoms with van der Waals surface area (Å²) in [7, 11) is 0. The van der Waals surface area contributed by atoms with Crippen molar-refractivity contribution in [3.8, 4) is 0 Å². The molecule has 2 atom stereocenters. The van der Waals surface area contributed by atoms with Crippen molar-refractivity contribution in [1.29, 1.82) is 5.41 Å². The summed E-state index contributed by atoms with van der Waals surface area (Å²) in [5.74, 6) is 1.76. The number of aromatic nitrogens is 2. The number of rotatable bonds is 2. The maximum atomic E-state index is 8.36. The third-order valence-electron chi connectivity index (χ3n) is 5.66. The van der Waals surface area contributed by atoms with Crippen LogP contribution < -0.4 is 10.2 Å². The Kier molecular flexibility index (Phi) is 12.7. The fourth-order valence-electron chi connectivity index (χ4n) is 3.85. The zero-order chi connectivity index (χ0) is 24.4. The molecule has 2 aliphatic heterocycles. The molecule has 0 radical (unpaired) electrons. The molecule has 1 aliphatic carbocycles. The number of hydrogen-bond acceptors (Lipinski definition) is 5. The third kappa shape index (κ3) is 6.64. The monoisotopic (exact) mass is 525 g/mol. The zero-order valence-electron chi connectivity index (χ0n) is 21.0. The predicted octanol–water partition coefficient (Wildman–Crippen LogP) is 7.35. The van der Waals surface area contributed by atoms with E-state index in [-0.39, 0.29) is 5.28 Å². The SMILES string of the molecule is C/C=C1\C(=N)C(Br)=Cc2nc(Cl)nc(N3C4CCC3CNC4)c21.CC.CC.CCC(C)C. The largest absolute Gasteiger partial charge is 0.347 e. The van der Waals surface area contributed by atoms with Gasteiger partial charge in [-0.25, -0.2) is 4.98 Å². The highest BCUT2D eigenvalue weighted by atomic mass is 79.9. The van der Waals surface area contributed by atoms with E-state index < -0.39 is 0 Å². The Labute approximate surface area is 208 Å². The first kappa shape index (κ1) is 28.8. The van der Waals surface area contributed by atoms with Gasteiger partial charge in [-0.05, 0) is 59.3 Å². The van der Waals surface area contributed by atoms with Gasteiger partial charge in [-0.2, -0.15) is 4.98 Å². The molecule has 0 amide bonds. The highest BCUT2D eigenvalue weighted by Gasteiger charge is 2.40. The molecule has 4 rings (SSSR count). The van der Waals surface area contributed by atoms with E-state index in [0.29, 0.717) is 17.8 Å². The minimum Gasteiger partial charge on any atom is -0.347 e. The molecule has 180 valence electrons. The Morgan fingerprint density at radius 3 is 2.19 bits per heavy atom. The van der Waals surface area contributed by atoms with Crippen LogP contribution in [-0.2, 0) is 0 Å². The third-order valence-corrected chi connectivity index (χ3v) is 6.46. The quantitative estimate of drug-likeness (QED) is 0.395. The Hall–Kier alpha value is -1.24. The van der Waals surface area contributed by atoms with Crippen molar-refractivity contribution in [3.63, 3.8) is 0 Å². The van der Waals surface area contributed by atoms with Gasteiger partial charge in [0.15, 0.2) is 0 Å². The summed E-state index contributed by atoms with van der Waals surface area (Å²) >= 11 is 9.66. The number of nitrogens with zero attached hydrogens (tertiary/aromatic N) is 3. The predicted molar refractivity (Wildman–Crippen MR) is 145 cm³/mol. The van der Waals surface area contributed by atoms with Crippen molar-refractivity contribution in [3.05, 3.63) is 27.1 Å². The van der Waals surface area contributed by atoms with E-state index in [9.17, 15) is 0 Å². The molecule has 2 unspecified atom stereocenters. The first-order chi connectivity index (χ1) is 15.4. The Morgan fingerprint density at radius 1 is 1.19 bits per heavy atom. The molecule has 0 saturated carbocycles. The molecule has 2 N–H and O–H groups in total. The molecule has 2 saturated heterocycles. The Balaban J connectivity index is 0.000000497. The summed E-state index contributed by atoms with van der Waals surface area (Å²) in [6.45, 7) is 18.5. The lowest BCUT2D eigenvalue weighted by Crippen LogP contribution is -2.52. The van der Waals surface area contributed by atoms with Gasteiger partial charge < -0.3 is 10.2 Å². The topological polar surface area (TPSA) is 64.9 Å². The fraction of sp³-hybridized carbons (Fsp3) is 0.640. The minimum absolute atomic E-state index is 0.261. The van der Waals surface area contributed by atoms with Gasteiger partial charge in [0.2, 0.25) is 5.28 Å². The Bertz CT molecular complexity index is 803. The van der Waals surface area contributed by atoms with Crippen LogP contribution in [0.1, 0.15) is 85.9 Å². The van der Waals surface area contributed by atoms with Crippen LogP contribution >= 0.6 is 27.5 Å². The lowest BCUT2D eigenvalue weighted by Gasteiger charge is -2.38. The van der Waals surface area contributed by atoms with E-state index in [1.165, 1.54) is 6.42 Å². The van der Waals surface area contributed by atoms with Crippen molar-refractivity contribution in [2.24, 2.45) is 5.92 Å². The second kappa shape index (κ2) is 14.1. The van der Waals surface area contributed by atoms with Crippen LogP contribution in [0.2, 0.25) is 5.28 Å². The lowest BCUT2D eigenvalue weighted by atomic mass is 9.93. The van der Waals surface area contributed by atoms with E-state index >= 15 is 0 Å². The maximum Gasteiger partial charge on any atom is 0.224 e. The van der Waals surface area contributed by atoms with Crippen molar-refractivity contribution in [2.45, 2.75) is 86.7 Å². The summed E-state index contributed by atoms with van der Waals surface area (Å²) in [4.78, 5) is 11.4. The van der Waals surface area contributed by atoms with Gasteiger partial charge >= 0.3 is 0 Å². The maximum absolute atomic E-state index is 8.36. The first-order valence-electron chi connectivity index (χ1n) is 12.1. The number of nitrogens with one attached hydrogen (secondary N) is 2. The number of halogens is 2. The van der Waals surface area contributed by atoms with Crippen LogP contribution in [-0.4, -0.2) is 40.9 Å². The van der Waals surface area contributed by atoms with Gasteiger partial charge in [-0.1, -0.05) is 61.0 Å². The average molecular weight is 527 g/mol. The molecular weight excluding hydrogens is 486 g/mol. The summed E-state index contributed by atoms with van der Waals surface area (Å²) in [5, 5.41) is 12.1. The van der Waals surface area contributed by atoms with Crippen LogP contribution in [0.3, 0.4) is 0 Å². The van der Waals surface area contributed by atoms with Gasteiger partial charge in [0.1, 0.15) is 5.82 Å². The summed E-state index contributed by atoms with van der Waals surface area (Å²) in [6, 6.07) is 0.871. The fourth-order valence-corrected chi connectivity index (χ4v) is 4.45. The van der Waals surface area contributed by atoms with Crippen LogP contribution in [0.25, 0.3) is 11.6 Å². The van der Waals surface area contributed by atoms with Gasteiger partial charge in [-0.3, -0.25) is 5.41 Å². The second-order valence-corrected chi connectivity index (χ2v) is 9.09. The van der Waals surface area contributed by atoms with Gasteiger partial charge in [-0.15, -0.1) is 0 Å². The lowest BCUT2D eigenvalue weighted by molar-refractivity contribution is 0.480. The van der Waals surface area contributed by atoms with E-state index in [2.05, 4.69) is 56.9 Å². The van der Waals surface area contributed by atoms with Crippen molar-refractivity contribution < 1.29 is 0 Å². The summed E-state index contributed by atoms with van der Waals surface area (Å²) in [5.41, 5.74) is 3.05. The van der Waals surface area contributed by atoms with Crippen LogP contribution in [0.15, 0.2) is 10.6 Å². The standard InChI is InChI=1S/C16H17BrClN5.C5H12.2C2H6/c1-2-10-13-12(5-11(17)14(10)19)21-16(18)22-15(13)23-8-3-4-9(23)7-20-6-8;1-4-5(2)3;2*1-2/h2,5,8-9,19-20H,3-4,6-7H2,1H3;5H,4H2,1-3H3;2*1-2H3/b10-2-,19-14?;;;. The van der Waals surface area contributed by atoms with E-state index in [0.717, 1.165) is 59.0 Å². The van der Waals surface area contributed by atoms with E-state index in [1.807, 2.05) is 46.8 Å². The molecule has 0 spiro atoms. The average Bonchev–Trinajstić information content (AvgIpc) is 3.05. The molecule has 7 heteroatoms. The smallest absolute Gasteiger partial charge is 0.224 e. The molecule has 5 nitrogen and oxygen atoms in total. The van der Waals surface area contributed by atoms with E-state index in [1.54, 1.807) is 0 Å². The molecule has 2 fully saturated rings. The Morgan fingerprint density at radius 2 is 1.72 bits per heavy atom. The van der Waals surface area contributed by atoms with Crippen LogP contribution in [0.5, 0.6) is 0 Å². The summed E-state index contributed by atoms with van der Waals surface area (Å²) in [6.07, 6.45) is 7.46. The molecule has 1 aromatic heterocycles. The zero-order valence-corrected chi connectivity index (χ0v) is 23.4. The first-order valence-corrected chi connectivity index (χ1v) is 13.2. The van der Waals surface area contributed by atoms with Crippen LogP contribution in [0.4, 0.5) is 5.82 Å². The molecule has 3 heterocycles. The number of piperazine rings is 1. The highest BCUT2D eigenvalue weighted by Crippen LogP contribution is 2.41. The van der Waals surface area contributed by atoms with Crippen molar-refractivity contribution in [2.75, 3.05) is 18.0 Å². The van der Waals surface area contributed by atoms with Gasteiger partial charge in [0.25, 0.3) is 0 Å². The van der Waals surface area contributed by atoms with Crippen molar-refractivity contribution >= 4 is 50.7 Å². The van der Waals surface area contributed by atoms with Crippen molar-refractivity contribution in [1.82, 2.24) is 15.3 Å². The number of fused-ring (bicyclic) bond motifs is 3. The molecule has 0 aromatic carbocycles. The van der Waals surface area contributed by atoms with E-state index in [4.69, 9.17) is 17.0 Å². The number of hydrogen-bond donors (Lipinski definition) is 2. The normalized spacial score (nSPS) is 22.1. The molecular formula is C25H41BrClN5.